The SMILES string of the molecule is CC(C)(C)OC(=O)N1CC[C@H](Cn2cnc(C#N)n2)C1. The molecule has 20 heavy (non-hydrogen) atoms. The Morgan fingerprint density at radius 3 is 2.95 bits per heavy atom. The second-order valence-electron chi connectivity index (χ2n) is 5.98. The number of nitriles is 1. The molecular formula is C13H19N5O2. The fraction of sp³-hybridized carbons (Fsp3) is 0.692. The van der Waals surface area contributed by atoms with Crippen molar-refractivity contribution >= 4 is 6.09 Å². The van der Waals surface area contributed by atoms with Crippen LogP contribution in [0.15, 0.2) is 6.33 Å². The lowest BCUT2D eigenvalue weighted by molar-refractivity contribution is 0.0287. The molecule has 2 rings (SSSR count). The molecule has 0 saturated carbocycles. The molecule has 0 N–H and O–H groups in total. The topological polar surface area (TPSA) is 84.0 Å². The molecule has 1 aliphatic rings. The van der Waals surface area contributed by atoms with Crippen molar-refractivity contribution in [3.63, 3.8) is 0 Å². The Morgan fingerprint density at radius 2 is 2.35 bits per heavy atom. The summed E-state index contributed by atoms with van der Waals surface area (Å²) < 4.78 is 7.01. The Morgan fingerprint density at radius 1 is 1.60 bits per heavy atom. The third-order valence-electron chi connectivity index (χ3n) is 3.02. The normalized spacial score (nSPS) is 18.9. The summed E-state index contributed by atoms with van der Waals surface area (Å²) in [4.78, 5) is 17.5. The van der Waals surface area contributed by atoms with E-state index in [4.69, 9.17) is 10.00 Å². The largest absolute Gasteiger partial charge is 0.444 e. The van der Waals surface area contributed by atoms with Crippen LogP contribution >= 0.6 is 0 Å². The maximum atomic E-state index is 11.9. The number of carbonyl (C=O) groups is 1. The molecule has 7 nitrogen and oxygen atoms in total. The molecule has 1 aromatic rings. The quantitative estimate of drug-likeness (QED) is 0.816. The van der Waals surface area contributed by atoms with Crippen LogP contribution in [0, 0.1) is 17.2 Å². The first-order chi connectivity index (χ1) is 9.37. The second kappa shape index (κ2) is 5.49. The lowest BCUT2D eigenvalue weighted by Gasteiger charge is -2.24. The highest BCUT2D eigenvalue weighted by Gasteiger charge is 2.30. The number of hydrogen-bond acceptors (Lipinski definition) is 5. The molecule has 1 amide bonds. The highest BCUT2D eigenvalue weighted by atomic mass is 16.6. The number of hydrogen-bond donors (Lipinski definition) is 0. The molecule has 0 aliphatic carbocycles. The summed E-state index contributed by atoms with van der Waals surface area (Å²) >= 11 is 0. The average molecular weight is 277 g/mol. The van der Waals surface area contributed by atoms with Gasteiger partial charge < -0.3 is 9.64 Å². The third-order valence-corrected chi connectivity index (χ3v) is 3.02. The number of nitrogens with zero attached hydrogens (tertiary/aromatic N) is 5. The van der Waals surface area contributed by atoms with Gasteiger partial charge in [0.25, 0.3) is 5.82 Å². The van der Waals surface area contributed by atoms with Crippen LogP contribution in [0.5, 0.6) is 0 Å². The van der Waals surface area contributed by atoms with Gasteiger partial charge in [0.2, 0.25) is 0 Å². The first-order valence-electron chi connectivity index (χ1n) is 6.65. The van der Waals surface area contributed by atoms with Gasteiger partial charge in [-0.05, 0) is 33.1 Å². The Kier molecular flexibility index (Phi) is 3.93. The Hall–Kier alpha value is -2.10. The predicted octanol–water partition coefficient (Wildman–Crippen LogP) is 1.41. The van der Waals surface area contributed by atoms with Gasteiger partial charge in [-0.2, -0.15) is 5.26 Å². The zero-order valence-electron chi connectivity index (χ0n) is 12.0. The fourth-order valence-corrected chi connectivity index (χ4v) is 2.17. The van der Waals surface area contributed by atoms with Gasteiger partial charge in [-0.1, -0.05) is 0 Å². The molecule has 1 saturated heterocycles. The maximum Gasteiger partial charge on any atom is 0.410 e. The minimum Gasteiger partial charge on any atom is -0.444 e. The monoisotopic (exact) mass is 277 g/mol. The summed E-state index contributed by atoms with van der Waals surface area (Å²) in [5.74, 6) is 0.489. The van der Waals surface area contributed by atoms with Crippen LogP contribution in [0.1, 0.15) is 33.0 Å². The summed E-state index contributed by atoms with van der Waals surface area (Å²) in [7, 11) is 0. The van der Waals surface area contributed by atoms with Crippen molar-refractivity contribution in [1.82, 2.24) is 19.7 Å². The molecule has 1 aliphatic heterocycles. The molecule has 0 aromatic carbocycles. The van der Waals surface area contributed by atoms with Gasteiger partial charge in [0, 0.05) is 19.6 Å². The van der Waals surface area contributed by atoms with Crippen molar-refractivity contribution in [3.05, 3.63) is 12.2 Å². The summed E-state index contributed by atoms with van der Waals surface area (Å²) in [6, 6.07) is 1.90. The molecule has 0 spiro atoms. The van der Waals surface area contributed by atoms with E-state index in [9.17, 15) is 4.79 Å². The molecule has 0 bridgehead atoms. The van der Waals surface area contributed by atoms with Crippen LogP contribution < -0.4 is 0 Å². The van der Waals surface area contributed by atoms with Gasteiger partial charge >= 0.3 is 6.09 Å². The smallest absolute Gasteiger partial charge is 0.410 e. The molecular weight excluding hydrogens is 258 g/mol. The highest BCUT2D eigenvalue weighted by Crippen LogP contribution is 2.20. The minimum atomic E-state index is -0.469. The molecule has 108 valence electrons. The zero-order chi connectivity index (χ0) is 14.8. The Bertz CT molecular complexity index is 526. The molecule has 1 aromatic heterocycles. The van der Waals surface area contributed by atoms with Gasteiger partial charge in [-0.3, -0.25) is 4.68 Å². The number of likely N-dealkylation sites (tertiary alicyclic amines) is 1. The molecule has 0 radical (unpaired) electrons. The van der Waals surface area contributed by atoms with Gasteiger partial charge in [0.1, 0.15) is 18.0 Å². The predicted molar refractivity (Wildman–Crippen MR) is 70.7 cm³/mol. The van der Waals surface area contributed by atoms with Crippen LogP contribution in [0.2, 0.25) is 0 Å². The van der Waals surface area contributed by atoms with Crippen LogP contribution in [0.25, 0.3) is 0 Å². The fourth-order valence-electron chi connectivity index (χ4n) is 2.17. The van der Waals surface area contributed by atoms with Crippen molar-refractivity contribution in [2.45, 2.75) is 39.3 Å². The molecule has 7 heteroatoms. The summed E-state index contributed by atoms with van der Waals surface area (Å²) in [5, 5.41) is 12.7. The Balaban J connectivity index is 1.86. The van der Waals surface area contributed by atoms with E-state index in [1.54, 1.807) is 15.9 Å². The average Bonchev–Trinajstić information content (AvgIpc) is 2.96. The first-order valence-corrected chi connectivity index (χ1v) is 6.65. The lowest BCUT2D eigenvalue weighted by Crippen LogP contribution is -2.35. The summed E-state index contributed by atoms with van der Waals surface area (Å²) in [5.41, 5.74) is -0.469. The first kappa shape index (κ1) is 14.3. The van der Waals surface area contributed by atoms with Crippen molar-refractivity contribution in [2.75, 3.05) is 13.1 Å². The van der Waals surface area contributed by atoms with E-state index in [1.807, 2.05) is 26.8 Å². The van der Waals surface area contributed by atoms with Crippen LogP contribution in [-0.4, -0.2) is 44.4 Å². The van der Waals surface area contributed by atoms with E-state index >= 15 is 0 Å². The minimum absolute atomic E-state index is 0.173. The number of ether oxygens (including phenoxy) is 1. The lowest BCUT2D eigenvalue weighted by atomic mass is 10.1. The van der Waals surface area contributed by atoms with Gasteiger partial charge in [0.15, 0.2) is 0 Å². The number of carbonyl (C=O) groups excluding carboxylic acids is 1. The summed E-state index contributed by atoms with van der Waals surface area (Å²) in [6.45, 7) is 7.58. The van der Waals surface area contributed by atoms with E-state index in [0.29, 0.717) is 25.6 Å². The summed E-state index contributed by atoms with van der Waals surface area (Å²) in [6.07, 6.45) is 2.19. The van der Waals surface area contributed by atoms with Crippen LogP contribution in [-0.2, 0) is 11.3 Å². The molecule has 1 fully saturated rings. The van der Waals surface area contributed by atoms with Crippen LogP contribution in [0.3, 0.4) is 0 Å². The van der Waals surface area contributed by atoms with Crippen molar-refractivity contribution in [3.8, 4) is 6.07 Å². The van der Waals surface area contributed by atoms with Crippen molar-refractivity contribution < 1.29 is 9.53 Å². The zero-order valence-corrected chi connectivity index (χ0v) is 12.0. The van der Waals surface area contributed by atoms with Gasteiger partial charge in [-0.15, -0.1) is 5.10 Å². The number of aromatic nitrogens is 3. The van der Waals surface area contributed by atoms with E-state index in [0.717, 1.165) is 6.42 Å². The van der Waals surface area contributed by atoms with E-state index < -0.39 is 5.60 Å². The van der Waals surface area contributed by atoms with E-state index in [-0.39, 0.29) is 11.9 Å². The molecule has 1 atom stereocenters. The standard InChI is InChI=1S/C13H19N5O2/c1-13(2,3)20-12(19)17-5-4-10(7-17)8-18-9-15-11(6-14)16-18/h9-10H,4-5,7-8H2,1-3H3/t10-/m0/s1. The third kappa shape index (κ3) is 3.70. The van der Waals surface area contributed by atoms with E-state index in [2.05, 4.69) is 10.1 Å². The van der Waals surface area contributed by atoms with Crippen molar-refractivity contribution in [2.24, 2.45) is 5.92 Å². The van der Waals surface area contributed by atoms with Gasteiger partial charge in [0.05, 0.1) is 0 Å². The van der Waals surface area contributed by atoms with E-state index in [1.165, 1.54) is 0 Å². The molecule has 2 heterocycles. The number of rotatable bonds is 2. The van der Waals surface area contributed by atoms with Crippen LogP contribution in [0.4, 0.5) is 4.79 Å². The Labute approximate surface area is 118 Å². The molecule has 0 unspecified atom stereocenters. The number of amides is 1. The maximum absolute atomic E-state index is 11.9. The van der Waals surface area contributed by atoms with Gasteiger partial charge in [-0.25, -0.2) is 9.78 Å². The highest BCUT2D eigenvalue weighted by molar-refractivity contribution is 5.68. The van der Waals surface area contributed by atoms with Crippen molar-refractivity contribution in [1.29, 1.82) is 5.26 Å². The second-order valence-corrected chi connectivity index (χ2v) is 5.98.